The molecule has 12 heavy (non-hydrogen) atoms. The fourth-order valence-corrected chi connectivity index (χ4v) is 1.44. The second kappa shape index (κ2) is 4.24. The molecule has 72 valence electrons. The van der Waals surface area contributed by atoms with Gasteiger partial charge >= 0.3 is 0 Å². The van der Waals surface area contributed by atoms with Crippen LogP contribution in [0.15, 0.2) is 0 Å². The van der Waals surface area contributed by atoms with Crippen molar-refractivity contribution < 1.29 is 9.84 Å². The summed E-state index contributed by atoms with van der Waals surface area (Å²) in [4.78, 5) is 0. The van der Waals surface area contributed by atoms with Crippen LogP contribution in [-0.4, -0.2) is 23.9 Å². The molecule has 1 fully saturated rings. The SMILES string of the molecule is CCCOCC(C)(O)CC1CC1. The van der Waals surface area contributed by atoms with Gasteiger partial charge in [0.05, 0.1) is 12.2 Å². The molecule has 0 heterocycles. The quantitative estimate of drug-likeness (QED) is 0.621. The van der Waals surface area contributed by atoms with E-state index in [4.69, 9.17) is 4.74 Å². The maximum absolute atomic E-state index is 9.83. The summed E-state index contributed by atoms with van der Waals surface area (Å²) in [6, 6.07) is 0. The molecular weight excluding hydrogens is 152 g/mol. The highest BCUT2D eigenvalue weighted by Crippen LogP contribution is 2.36. The van der Waals surface area contributed by atoms with Gasteiger partial charge in [0.2, 0.25) is 0 Å². The first kappa shape index (κ1) is 10.0. The van der Waals surface area contributed by atoms with Crippen molar-refractivity contribution in [1.29, 1.82) is 0 Å². The standard InChI is InChI=1S/C10H20O2/c1-3-6-12-8-10(2,11)7-9-4-5-9/h9,11H,3-8H2,1-2H3. The Morgan fingerprint density at radius 3 is 2.67 bits per heavy atom. The van der Waals surface area contributed by atoms with Crippen molar-refractivity contribution >= 4 is 0 Å². The second-order valence-electron chi connectivity index (χ2n) is 4.20. The van der Waals surface area contributed by atoms with Crippen molar-refractivity contribution in [2.24, 2.45) is 5.92 Å². The zero-order chi connectivity index (χ0) is 9.03. The highest BCUT2D eigenvalue weighted by Gasteiger charge is 2.31. The molecule has 0 aromatic rings. The molecule has 0 aliphatic heterocycles. The summed E-state index contributed by atoms with van der Waals surface area (Å²) in [7, 11) is 0. The first-order chi connectivity index (χ1) is 5.64. The molecule has 0 amide bonds. The molecule has 1 atom stereocenters. The summed E-state index contributed by atoms with van der Waals surface area (Å²) in [6.45, 7) is 5.22. The average molecular weight is 172 g/mol. The van der Waals surface area contributed by atoms with E-state index in [1.807, 2.05) is 6.92 Å². The zero-order valence-electron chi connectivity index (χ0n) is 8.18. The molecule has 2 nitrogen and oxygen atoms in total. The van der Waals surface area contributed by atoms with Crippen LogP contribution < -0.4 is 0 Å². The van der Waals surface area contributed by atoms with Crippen molar-refractivity contribution in [3.63, 3.8) is 0 Å². The molecular formula is C10H20O2. The number of rotatable bonds is 6. The van der Waals surface area contributed by atoms with Gasteiger partial charge in [-0.3, -0.25) is 0 Å². The van der Waals surface area contributed by atoms with E-state index in [0.717, 1.165) is 25.4 Å². The lowest BCUT2D eigenvalue weighted by Gasteiger charge is -2.22. The van der Waals surface area contributed by atoms with Gasteiger partial charge in [-0.15, -0.1) is 0 Å². The van der Waals surface area contributed by atoms with Crippen molar-refractivity contribution in [1.82, 2.24) is 0 Å². The molecule has 1 aliphatic rings. The van der Waals surface area contributed by atoms with Crippen molar-refractivity contribution in [2.45, 2.75) is 45.1 Å². The Kier molecular flexibility index (Phi) is 3.53. The van der Waals surface area contributed by atoms with Gasteiger partial charge in [0.1, 0.15) is 0 Å². The van der Waals surface area contributed by atoms with Crippen molar-refractivity contribution in [3.05, 3.63) is 0 Å². The van der Waals surface area contributed by atoms with E-state index < -0.39 is 5.60 Å². The Morgan fingerprint density at radius 2 is 2.17 bits per heavy atom. The van der Waals surface area contributed by atoms with E-state index in [1.165, 1.54) is 12.8 Å². The average Bonchev–Trinajstić information content (AvgIpc) is 2.71. The predicted molar refractivity (Wildman–Crippen MR) is 49.1 cm³/mol. The molecule has 0 aromatic carbocycles. The Bertz CT molecular complexity index is 128. The first-order valence-corrected chi connectivity index (χ1v) is 4.94. The monoisotopic (exact) mass is 172 g/mol. The normalized spacial score (nSPS) is 22.2. The fourth-order valence-electron chi connectivity index (χ4n) is 1.44. The Morgan fingerprint density at radius 1 is 1.50 bits per heavy atom. The molecule has 0 spiro atoms. The molecule has 1 unspecified atom stereocenters. The van der Waals surface area contributed by atoms with Gasteiger partial charge in [-0.1, -0.05) is 19.8 Å². The topological polar surface area (TPSA) is 29.5 Å². The summed E-state index contributed by atoms with van der Waals surface area (Å²) in [5.74, 6) is 0.769. The van der Waals surface area contributed by atoms with Crippen LogP contribution in [0.1, 0.15) is 39.5 Å². The van der Waals surface area contributed by atoms with E-state index in [-0.39, 0.29) is 0 Å². The van der Waals surface area contributed by atoms with Gasteiger partial charge in [0, 0.05) is 6.61 Å². The minimum atomic E-state index is -0.587. The maximum Gasteiger partial charge on any atom is 0.0854 e. The van der Waals surface area contributed by atoms with Crippen LogP contribution in [0.3, 0.4) is 0 Å². The molecule has 0 aromatic heterocycles. The molecule has 1 saturated carbocycles. The van der Waals surface area contributed by atoms with E-state index in [2.05, 4.69) is 6.92 Å². The lowest BCUT2D eigenvalue weighted by Crippen LogP contribution is -2.31. The maximum atomic E-state index is 9.83. The minimum Gasteiger partial charge on any atom is -0.388 e. The predicted octanol–water partition coefficient (Wildman–Crippen LogP) is 1.96. The van der Waals surface area contributed by atoms with Gasteiger partial charge in [0.15, 0.2) is 0 Å². The third-order valence-electron chi connectivity index (χ3n) is 2.19. The summed E-state index contributed by atoms with van der Waals surface area (Å²) in [5, 5.41) is 9.83. The zero-order valence-corrected chi connectivity index (χ0v) is 8.18. The number of hydrogen-bond donors (Lipinski definition) is 1. The lowest BCUT2D eigenvalue weighted by molar-refractivity contribution is -0.0418. The number of hydrogen-bond acceptors (Lipinski definition) is 2. The molecule has 2 heteroatoms. The third-order valence-corrected chi connectivity index (χ3v) is 2.19. The van der Waals surface area contributed by atoms with Gasteiger partial charge in [-0.25, -0.2) is 0 Å². The smallest absolute Gasteiger partial charge is 0.0854 e. The molecule has 1 N–H and O–H groups in total. The Labute approximate surface area is 74.9 Å². The van der Waals surface area contributed by atoms with Crippen LogP contribution in [0.4, 0.5) is 0 Å². The van der Waals surface area contributed by atoms with Crippen LogP contribution in [-0.2, 0) is 4.74 Å². The molecule has 1 rings (SSSR count). The fraction of sp³-hybridized carbons (Fsp3) is 1.00. The van der Waals surface area contributed by atoms with Gasteiger partial charge < -0.3 is 9.84 Å². The Balaban J connectivity index is 2.08. The molecule has 0 radical (unpaired) electrons. The van der Waals surface area contributed by atoms with Gasteiger partial charge in [-0.2, -0.15) is 0 Å². The summed E-state index contributed by atoms with van der Waals surface area (Å²) in [5.41, 5.74) is -0.587. The largest absolute Gasteiger partial charge is 0.388 e. The lowest BCUT2D eigenvalue weighted by atomic mass is 10.0. The second-order valence-corrected chi connectivity index (χ2v) is 4.20. The summed E-state index contributed by atoms with van der Waals surface area (Å²) in [6.07, 6.45) is 4.53. The molecule has 0 bridgehead atoms. The molecule has 0 saturated heterocycles. The molecule has 1 aliphatic carbocycles. The number of aliphatic hydroxyl groups is 1. The van der Waals surface area contributed by atoms with Gasteiger partial charge in [0.25, 0.3) is 0 Å². The summed E-state index contributed by atoms with van der Waals surface area (Å²) < 4.78 is 5.33. The van der Waals surface area contributed by atoms with E-state index in [0.29, 0.717) is 6.61 Å². The van der Waals surface area contributed by atoms with Gasteiger partial charge in [-0.05, 0) is 25.7 Å². The van der Waals surface area contributed by atoms with Crippen LogP contribution in [0.25, 0.3) is 0 Å². The van der Waals surface area contributed by atoms with Crippen LogP contribution in [0.2, 0.25) is 0 Å². The van der Waals surface area contributed by atoms with E-state index in [9.17, 15) is 5.11 Å². The Hall–Kier alpha value is -0.0800. The summed E-state index contributed by atoms with van der Waals surface area (Å²) >= 11 is 0. The first-order valence-electron chi connectivity index (χ1n) is 4.94. The van der Waals surface area contributed by atoms with E-state index >= 15 is 0 Å². The van der Waals surface area contributed by atoms with E-state index in [1.54, 1.807) is 0 Å². The number of ether oxygens (including phenoxy) is 1. The highest BCUT2D eigenvalue weighted by molar-refractivity contribution is 4.83. The van der Waals surface area contributed by atoms with Crippen molar-refractivity contribution in [2.75, 3.05) is 13.2 Å². The third kappa shape index (κ3) is 4.07. The van der Waals surface area contributed by atoms with Crippen molar-refractivity contribution in [3.8, 4) is 0 Å². The minimum absolute atomic E-state index is 0.497. The van der Waals surface area contributed by atoms with Crippen LogP contribution in [0.5, 0.6) is 0 Å². The van der Waals surface area contributed by atoms with Crippen LogP contribution in [0, 0.1) is 5.92 Å². The van der Waals surface area contributed by atoms with Crippen LogP contribution >= 0.6 is 0 Å². The highest BCUT2D eigenvalue weighted by atomic mass is 16.5.